The van der Waals surface area contributed by atoms with E-state index >= 15 is 0 Å². The Morgan fingerprint density at radius 3 is 2.16 bits per heavy atom. The van der Waals surface area contributed by atoms with Crippen molar-refractivity contribution in [3.05, 3.63) is 89.5 Å². The van der Waals surface area contributed by atoms with Crippen LogP contribution >= 0.6 is 0 Å². The second-order valence-electron chi connectivity index (χ2n) is 8.27. The molecule has 0 radical (unpaired) electrons. The number of aliphatic imine (C=N–C) groups is 1. The van der Waals surface area contributed by atoms with E-state index in [0.717, 1.165) is 4.90 Å². The number of amides is 2. The third-order valence-electron chi connectivity index (χ3n) is 5.97. The highest BCUT2D eigenvalue weighted by molar-refractivity contribution is 6.16. The van der Waals surface area contributed by atoms with E-state index in [4.69, 9.17) is 14.2 Å². The van der Waals surface area contributed by atoms with E-state index in [-0.39, 0.29) is 35.0 Å². The molecule has 198 valence electrons. The highest BCUT2D eigenvalue weighted by Gasteiger charge is 2.67. The number of alkyl halides is 3. The average Bonchev–Trinajstić information content (AvgIpc) is 3.21. The molecule has 1 aliphatic rings. The average molecular weight is 527 g/mol. The first-order valence-corrected chi connectivity index (χ1v) is 11.3. The second-order valence-corrected chi connectivity index (χ2v) is 8.27. The summed E-state index contributed by atoms with van der Waals surface area (Å²) in [5, 5.41) is 1.86. The Morgan fingerprint density at radius 1 is 0.921 bits per heavy atom. The Labute approximate surface area is 216 Å². The number of nitrogens with zero attached hydrogens (tertiary/aromatic N) is 2. The van der Waals surface area contributed by atoms with Gasteiger partial charge >= 0.3 is 11.8 Å². The fourth-order valence-electron chi connectivity index (χ4n) is 3.98. The van der Waals surface area contributed by atoms with Gasteiger partial charge in [-0.3, -0.25) is 14.5 Å². The molecule has 11 heteroatoms. The lowest BCUT2D eigenvalue weighted by Gasteiger charge is -2.29. The van der Waals surface area contributed by atoms with Crippen LogP contribution in [0.1, 0.15) is 21.5 Å². The van der Waals surface area contributed by atoms with Gasteiger partial charge in [0.05, 0.1) is 27.9 Å². The van der Waals surface area contributed by atoms with Crippen molar-refractivity contribution in [1.82, 2.24) is 10.2 Å². The Bertz CT molecular complexity index is 1360. The highest BCUT2D eigenvalue weighted by atomic mass is 19.4. The van der Waals surface area contributed by atoms with Crippen molar-refractivity contribution in [2.75, 3.05) is 21.3 Å². The van der Waals surface area contributed by atoms with Crippen molar-refractivity contribution in [2.45, 2.75) is 18.4 Å². The van der Waals surface area contributed by atoms with Gasteiger partial charge in [-0.2, -0.15) is 13.2 Å². The number of carbonyl (C=O) groups is 2. The Morgan fingerprint density at radius 2 is 1.58 bits per heavy atom. The van der Waals surface area contributed by atoms with Gasteiger partial charge in [0.2, 0.25) is 0 Å². The number of rotatable bonds is 8. The molecule has 4 rings (SSSR count). The number of methoxy groups -OCH3 is 3. The van der Waals surface area contributed by atoms with Crippen molar-refractivity contribution in [2.24, 2.45) is 4.99 Å². The fraction of sp³-hybridized carbons (Fsp3) is 0.222. The fourth-order valence-corrected chi connectivity index (χ4v) is 3.98. The zero-order valence-electron chi connectivity index (χ0n) is 20.7. The smallest absolute Gasteiger partial charge is 0.442 e. The molecule has 0 bridgehead atoms. The maximum Gasteiger partial charge on any atom is 0.442 e. The van der Waals surface area contributed by atoms with E-state index in [1.807, 2.05) is 5.32 Å². The molecule has 1 unspecified atom stereocenters. The molecule has 0 aromatic heterocycles. The van der Waals surface area contributed by atoms with Crippen molar-refractivity contribution < 1.29 is 37.0 Å². The molecule has 1 heterocycles. The van der Waals surface area contributed by atoms with Crippen molar-refractivity contribution in [3.8, 4) is 17.2 Å². The van der Waals surface area contributed by atoms with Gasteiger partial charge in [0.25, 0.3) is 11.8 Å². The number of benzene rings is 3. The summed E-state index contributed by atoms with van der Waals surface area (Å²) < 4.78 is 59.4. The van der Waals surface area contributed by atoms with Crippen molar-refractivity contribution >= 4 is 17.6 Å². The molecule has 0 saturated carbocycles. The summed E-state index contributed by atoms with van der Waals surface area (Å²) in [6.07, 6.45) is -5.26. The van der Waals surface area contributed by atoms with Crippen LogP contribution in [0, 0.1) is 0 Å². The van der Waals surface area contributed by atoms with E-state index in [1.165, 1.54) is 51.7 Å². The van der Waals surface area contributed by atoms with E-state index < -0.39 is 23.7 Å². The van der Waals surface area contributed by atoms with Crippen LogP contribution in [0.2, 0.25) is 0 Å². The number of nitrogens with one attached hydrogen (secondary N) is 1. The predicted molar refractivity (Wildman–Crippen MR) is 132 cm³/mol. The normalized spacial score (nSPS) is 17.2. The van der Waals surface area contributed by atoms with E-state index in [9.17, 15) is 22.8 Å². The van der Waals surface area contributed by atoms with Gasteiger partial charge in [-0.25, -0.2) is 4.99 Å². The molecule has 38 heavy (non-hydrogen) atoms. The molecule has 3 aromatic carbocycles. The molecule has 3 aromatic rings. The number of hydrogen-bond acceptors (Lipinski definition) is 6. The molecule has 0 saturated heterocycles. The van der Waals surface area contributed by atoms with Gasteiger partial charge in [0, 0.05) is 11.1 Å². The van der Waals surface area contributed by atoms with Gasteiger partial charge in [-0.05, 0) is 35.9 Å². The Balaban J connectivity index is 1.77. The van der Waals surface area contributed by atoms with Crippen LogP contribution in [0.25, 0.3) is 0 Å². The molecule has 0 fully saturated rings. The van der Waals surface area contributed by atoms with Crippen LogP contribution in [0.3, 0.4) is 0 Å². The Hall–Kier alpha value is -4.54. The molecule has 1 atom stereocenters. The van der Waals surface area contributed by atoms with Gasteiger partial charge in [0.15, 0.2) is 11.5 Å². The number of halogens is 3. The predicted octanol–water partition coefficient (Wildman–Crippen LogP) is 4.19. The Kier molecular flexibility index (Phi) is 7.29. The molecule has 1 aliphatic heterocycles. The standard InChI is InChI=1S/C27H24F3N3O5/c1-36-20-12-9-17(10-13-20)16-33-23(18-7-5-4-6-8-18)31-26(25(33)35,27(28,29)30)32-24(34)19-11-14-21(37-2)22(15-19)38-3/h4-15H,16H2,1-3H3,(H,32,34). The van der Waals surface area contributed by atoms with Gasteiger partial charge in [-0.1, -0.05) is 42.5 Å². The minimum absolute atomic E-state index is 0.133. The number of hydrogen-bond donors (Lipinski definition) is 1. The van der Waals surface area contributed by atoms with Crippen LogP contribution in [0.5, 0.6) is 17.2 Å². The first-order chi connectivity index (χ1) is 18.1. The summed E-state index contributed by atoms with van der Waals surface area (Å²) in [4.78, 5) is 31.4. The molecule has 2 amide bonds. The summed E-state index contributed by atoms with van der Waals surface area (Å²) in [6, 6.07) is 18.4. The minimum Gasteiger partial charge on any atom is -0.497 e. The van der Waals surface area contributed by atoms with Crippen molar-refractivity contribution in [3.63, 3.8) is 0 Å². The van der Waals surface area contributed by atoms with Crippen LogP contribution in [-0.2, 0) is 11.3 Å². The zero-order chi connectivity index (χ0) is 27.5. The van der Waals surface area contributed by atoms with Gasteiger partial charge in [0.1, 0.15) is 11.6 Å². The van der Waals surface area contributed by atoms with E-state index in [0.29, 0.717) is 11.3 Å². The van der Waals surface area contributed by atoms with Gasteiger partial charge in [-0.15, -0.1) is 0 Å². The first-order valence-electron chi connectivity index (χ1n) is 11.3. The van der Waals surface area contributed by atoms with Crippen LogP contribution < -0.4 is 19.5 Å². The molecule has 0 spiro atoms. The van der Waals surface area contributed by atoms with E-state index in [2.05, 4.69) is 4.99 Å². The third kappa shape index (κ3) is 4.86. The topological polar surface area (TPSA) is 89.5 Å². The maximum absolute atomic E-state index is 14.7. The lowest BCUT2D eigenvalue weighted by Crippen LogP contribution is -2.63. The lowest BCUT2D eigenvalue weighted by atomic mass is 10.1. The molecular formula is C27H24F3N3O5. The number of carbonyl (C=O) groups excluding carboxylic acids is 2. The van der Waals surface area contributed by atoms with Crippen LogP contribution in [-0.4, -0.2) is 55.7 Å². The molecule has 8 nitrogen and oxygen atoms in total. The summed E-state index contributed by atoms with van der Waals surface area (Å²) in [6.45, 7) is -0.222. The quantitative estimate of drug-likeness (QED) is 0.475. The molecule has 1 N–H and O–H groups in total. The van der Waals surface area contributed by atoms with Crippen LogP contribution in [0.4, 0.5) is 13.2 Å². The first kappa shape index (κ1) is 26.5. The van der Waals surface area contributed by atoms with Crippen molar-refractivity contribution in [1.29, 1.82) is 0 Å². The summed E-state index contributed by atoms with van der Waals surface area (Å²) in [5.41, 5.74) is -2.91. The third-order valence-corrected chi connectivity index (χ3v) is 5.97. The largest absolute Gasteiger partial charge is 0.497 e. The maximum atomic E-state index is 14.7. The molecule has 0 aliphatic carbocycles. The SMILES string of the molecule is COc1ccc(CN2C(=O)C(NC(=O)c3ccc(OC)c(OC)c3)(C(F)(F)F)N=C2c2ccccc2)cc1. The summed E-state index contributed by atoms with van der Waals surface area (Å²) in [7, 11) is 4.19. The van der Waals surface area contributed by atoms with Gasteiger partial charge < -0.3 is 19.5 Å². The zero-order valence-corrected chi connectivity index (χ0v) is 20.7. The number of ether oxygens (including phenoxy) is 3. The second kappa shape index (κ2) is 10.4. The summed E-state index contributed by atoms with van der Waals surface area (Å²) in [5.74, 6) is -1.87. The monoisotopic (exact) mass is 527 g/mol. The van der Waals surface area contributed by atoms with Crippen LogP contribution in [0.15, 0.2) is 77.8 Å². The molecular weight excluding hydrogens is 503 g/mol. The van der Waals surface area contributed by atoms with E-state index in [1.54, 1.807) is 42.5 Å². The highest BCUT2D eigenvalue weighted by Crippen LogP contribution is 2.39. The minimum atomic E-state index is -5.26. The number of amidine groups is 1. The lowest BCUT2D eigenvalue weighted by molar-refractivity contribution is -0.196. The summed E-state index contributed by atoms with van der Waals surface area (Å²) >= 11 is 0.